The molecular formula is C35H37ClF3N7O2. The zero-order chi connectivity index (χ0) is 33.4. The Morgan fingerprint density at radius 3 is 2.69 bits per heavy atom. The van der Waals surface area contributed by atoms with Crippen LogP contribution in [0.4, 0.5) is 24.7 Å². The number of piperazine rings is 1. The molecule has 9 nitrogen and oxygen atoms in total. The first-order valence-electron chi connectivity index (χ1n) is 16.6. The van der Waals surface area contributed by atoms with Gasteiger partial charge in [0.25, 0.3) is 5.91 Å². The molecule has 0 N–H and O–H groups in total. The molecule has 7 rings (SSSR count). The van der Waals surface area contributed by atoms with Crippen LogP contribution in [0, 0.1) is 17.1 Å². The zero-order valence-corrected chi connectivity index (χ0v) is 27.4. The molecule has 0 spiro atoms. The molecule has 252 valence electrons. The van der Waals surface area contributed by atoms with Crippen molar-refractivity contribution >= 4 is 39.8 Å². The molecule has 0 aliphatic carbocycles. The summed E-state index contributed by atoms with van der Waals surface area (Å²) in [5, 5.41) is 11.1. The largest absolute Gasteiger partial charge is 0.461 e. The van der Waals surface area contributed by atoms with Crippen molar-refractivity contribution in [2.45, 2.75) is 56.7 Å². The summed E-state index contributed by atoms with van der Waals surface area (Å²) < 4.78 is 48.2. The number of halogens is 4. The molecule has 4 aliphatic rings. The number of fused-ring (bicyclic) bond motifs is 3. The maximum absolute atomic E-state index is 14.6. The smallest absolute Gasteiger partial charge is 0.318 e. The lowest BCUT2D eigenvalue weighted by molar-refractivity contribution is -0.131. The minimum atomic E-state index is -1.16. The molecule has 1 atom stereocenters. The van der Waals surface area contributed by atoms with Gasteiger partial charge < -0.3 is 19.4 Å². The Labute approximate surface area is 282 Å². The summed E-state index contributed by atoms with van der Waals surface area (Å²) in [7, 11) is 0. The van der Waals surface area contributed by atoms with Crippen LogP contribution < -0.4 is 14.5 Å². The number of allylic oxidation sites excluding steroid dienone is 1. The lowest BCUT2D eigenvalue weighted by Gasteiger charge is -2.42. The van der Waals surface area contributed by atoms with E-state index in [1.807, 2.05) is 23.1 Å². The number of carbonyl (C=O) groups excluding carboxylic acids is 1. The number of hydrogen-bond donors (Lipinski definition) is 0. The molecule has 13 heteroatoms. The third kappa shape index (κ3) is 5.92. The molecule has 5 heterocycles. The molecule has 2 aromatic carbocycles. The number of ether oxygens (including phenoxy) is 1. The standard InChI is InChI=1S/C35H37ClF3N7O2/c36-31-26(38)7-6-23-4-1-5-29(30(23)31)43-17-10-25-28(21-43)41-34(48-22-35-11-2-15-45(35)16-3-12-35)42-32(25)44-18-19-46(24(20-44)9-14-40)33(47)27(39)8-13-37/h1,4-8,24H,2-3,9-13,15-22H2/b27-8-/t24-/m0/s1. The van der Waals surface area contributed by atoms with Crippen LogP contribution in [0.3, 0.4) is 0 Å². The van der Waals surface area contributed by atoms with Crippen LogP contribution in [0.5, 0.6) is 6.01 Å². The van der Waals surface area contributed by atoms with Gasteiger partial charge in [-0.05, 0) is 68.8 Å². The average Bonchev–Trinajstić information content (AvgIpc) is 3.69. The third-order valence-corrected chi connectivity index (χ3v) is 10.8. The molecule has 1 aromatic heterocycles. The minimum Gasteiger partial charge on any atom is -0.461 e. The highest BCUT2D eigenvalue weighted by molar-refractivity contribution is 6.36. The van der Waals surface area contributed by atoms with E-state index in [1.54, 1.807) is 6.07 Å². The average molecular weight is 680 g/mol. The summed E-state index contributed by atoms with van der Waals surface area (Å²) >= 11 is 6.51. The van der Waals surface area contributed by atoms with Gasteiger partial charge in [-0.25, -0.2) is 13.2 Å². The van der Waals surface area contributed by atoms with Gasteiger partial charge in [0, 0.05) is 42.8 Å². The lowest BCUT2D eigenvalue weighted by atomic mass is 9.95. The molecule has 0 unspecified atom stereocenters. The van der Waals surface area contributed by atoms with Crippen LogP contribution in [-0.4, -0.2) is 89.8 Å². The Bertz CT molecular complexity index is 1790. The van der Waals surface area contributed by atoms with E-state index < -0.39 is 30.3 Å². The van der Waals surface area contributed by atoms with E-state index in [-0.39, 0.29) is 36.1 Å². The highest BCUT2D eigenvalue weighted by atomic mass is 35.5. The number of rotatable bonds is 8. The predicted molar refractivity (Wildman–Crippen MR) is 177 cm³/mol. The van der Waals surface area contributed by atoms with E-state index in [9.17, 15) is 23.2 Å². The summed E-state index contributed by atoms with van der Waals surface area (Å²) in [6.45, 7) is 3.22. The Morgan fingerprint density at radius 1 is 1.10 bits per heavy atom. The Morgan fingerprint density at radius 2 is 1.92 bits per heavy atom. The van der Waals surface area contributed by atoms with Crippen molar-refractivity contribution in [3.8, 4) is 12.1 Å². The highest BCUT2D eigenvalue weighted by Crippen LogP contribution is 2.41. The van der Waals surface area contributed by atoms with Gasteiger partial charge in [0.2, 0.25) is 0 Å². The second kappa shape index (κ2) is 13.4. The molecule has 0 bridgehead atoms. The fourth-order valence-electron chi connectivity index (χ4n) is 8.02. The third-order valence-electron chi connectivity index (χ3n) is 10.4. The normalized spacial score (nSPS) is 20.9. The predicted octanol–water partition coefficient (Wildman–Crippen LogP) is 5.75. The fraction of sp³-hybridized carbons (Fsp3) is 0.486. The van der Waals surface area contributed by atoms with E-state index in [1.165, 1.54) is 11.0 Å². The van der Waals surface area contributed by atoms with E-state index >= 15 is 0 Å². The van der Waals surface area contributed by atoms with Gasteiger partial charge in [-0.2, -0.15) is 15.2 Å². The first-order valence-corrected chi connectivity index (χ1v) is 16.9. The number of anilines is 2. The Hall–Kier alpha value is -4.08. The number of amides is 1. The van der Waals surface area contributed by atoms with Crippen LogP contribution >= 0.6 is 11.6 Å². The van der Waals surface area contributed by atoms with E-state index in [0.717, 1.165) is 61.1 Å². The quantitative estimate of drug-likeness (QED) is 0.279. The van der Waals surface area contributed by atoms with Crippen molar-refractivity contribution in [1.29, 1.82) is 5.26 Å². The van der Waals surface area contributed by atoms with Crippen molar-refractivity contribution in [1.82, 2.24) is 19.8 Å². The summed E-state index contributed by atoms with van der Waals surface area (Å²) in [5.41, 5.74) is 2.49. The minimum absolute atomic E-state index is 0.0175. The van der Waals surface area contributed by atoms with E-state index in [4.69, 9.17) is 26.3 Å². The van der Waals surface area contributed by atoms with E-state index in [0.29, 0.717) is 49.9 Å². The van der Waals surface area contributed by atoms with Gasteiger partial charge in [-0.15, -0.1) is 0 Å². The van der Waals surface area contributed by atoms with Crippen LogP contribution in [0.25, 0.3) is 10.8 Å². The maximum atomic E-state index is 14.6. The van der Waals surface area contributed by atoms with Gasteiger partial charge in [-0.1, -0.05) is 29.8 Å². The van der Waals surface area contributed by atoms with Crippen molar-refractivity contribution in [3.63, 3.8) is 0 Å². The number of nitrogens with zero attached hydrogens (tertiary/aromatic N) is 7. The highest BCUT2D eigenvalue weighted by Gasteiger charge is 2.45. The number of alkyl halides is 1. The number of aromatic nitrogens is 2. The number of carbonyl (C=O) groups is 1. The van der Waals surface area contributed by atoms with Gasteiger partial charge in [0.05, 0.1) is 41.3 Å². The Kier molecular flexibility index (Phi) is 9.09. The molecule has 4 aliphatic heterocycles. The van der Waals surface area contributed by atoms with Gasteiger partial charge in [0.15, 0.2) is 5.83 Å². The molecule has 0 saturated carbocycles. The van der Waals surface area contributed by atoms with E-state index in [2.05, 4.69) is 15.9 Å². The van der Waals surface area contributed by atoms with Gasteiger partial charge >= 0.3 is 6.01 Å². The zero-order valence-electron chi connectivity index (χ0n) is 26.6. The first kappa shape index (κ1) is 32.5. The second-order valence-corrected chi connectivity index (χ2v) is 13.4. The number of nitriles is 1. The summed E-state index contributed by atoms with van der Waals surface area (Å²) in [6.07, 6.45) is 5.56. The number of benzene rings is 2. The maximum Gasteiger partial charge on any atom is 0.318 e. The summed E-state index contributed by atoms with van der Waals surface area (Å²) in [6, 6.07) is 10.6. The fourth-order valence-corrected chi connectivity index (χ4v) is 8.29. The molecule has 0 radical (unpaired) electrons. The summed E-state index contributed by atoms with van der Waals surface area (Å²) in [4.78, 5) is 30.7. The SMILES string of the molecule is N#CC[C@H]1CN(c2nc(OCC34CCCN3CCC4)nc3c2CCN(c2cccc4ccc(F)c(Cl)c24)C3)CCN1C(=O)/C(F)=C/CF. The molecule has 1 amide bonds. The van der Waals surface area contributed by atoms with Crippen LogP contribution in [0.15, 0.2) is 42.2 Å². The van der Waals surface area contributed by atoms with Crippen LogP contribution in [-0.2, 0) is 17.8 Å². The van der Waals surface area contributed by atoms with Crippen molar-refractivity contribution in [2.75, 3.05) is 62.3 Å². The molecule has 3 fully saturated rings. The topological polar surface area (TPSA) is 88.8 Å². The molecule has 3 saturated heterocycles. The monoisotopic (exact) mass is 679 g/mol. The van der Waals surface area contributed by atoms with Gasteiger partial charge in [0.1, 0.15) is 24.9 Å². The van der Waals surface area contributed by atoms with Crippen molar-refractivity contribution in [2.24, 2.45) is 0 Å². The molecule has 48 heavy (non-hydrogen) atoms. The van der Waals surface area contributed by atoms with Crippen LogP contribution in [0.1, 0.15) is 43.4 Å². The first-order chi connectivity index (χ1) is 23.3. The van der Waals surface area contributed by atoms with Crippen molar-refractivity contribution < 1.29 is 22.7 Å². The lowest BCUT2D eigenvalue weighted by Crippen LogP contribution is -2.56. The second-order valence-electron chi connectivity index (χ2n) is 13.0. The van der Waals surface area contributed by atoms with Crippen LogP contribution in [0.2, 0.25) is 5.02 Å². The Balaban J connectivity index is 1.23. The van der Waals surface area contributed by atoms with Crippen molar-refractivity contribution in [3.05, 3.63) is 64.3 Å². The summed E-state index contributed by atoms with van der Waals surface area (Å²) in [5.74, 6) is -1.89. The molecule has 3 aromatic rings. The molecular weight excluding hydrogens is 643 g/mol. The number of hydrogen-bond acceptors (Lipinski definition) is 8. The van der Waals surface area contributed by atoms with Gasteiger partial charge in [-0.3, -0.25) is 9.69 Å².